The molecule has 0 aliphatic carbocycles. The van der Waals surface area contributed by atoms with Crippen LogP contribution in [0.1, 0.15) is 162 Å². The molecule has 0 saturated carbocycles. The van der Waals surface area contributed by atoms with Gasteiger partial charge in [0.15, 0.2) is 0 Å². The third-order valence-electron chi connectivity index (χ3n) is 8.45. The van der Waals surface area contributed by atoms with E-state index in [9.17, 15) is 19.8 Å². The Hall–Kier alpha value is -3.02. The molecule has 0 atom stereocenters. The molecule has 2 N–H and O–H groups in total. The van der Waals surface area contributed by atoms with Gasteiger partial charge in [0.05, 0.1) is 0 Å². The minimum Gasteiger partial charge on any atom is -0.507 e. The standard InChI is InChI=1S/C40H62O6/c1-15-16-21-40(14,45-32(41)19-17-26-22-28(36(2,3)4)34(43)29(23-26)37(5,6)7)46-33(42)20-18-27-24-30(38(8,9)10)35(44)31(25-27)39(11,12)13/h22-25,43-44H,15-21H2,1-14H3. The third kappa shape index (κ3) is 10.8. The molecule has 0 unspecified atom stereocenters. The fourth-order valence-corrected chi connectivity index (χ4v) is 5.66. The highest BCUT2D eigenvalue weighted by Gasteiger charge is 2.33. The van der Waals surface area contributed by atoms with Gasteiger partial charge in [-0.3, -0.25) is 9.59 Å². The zero-order chi connectivity index (χ0) is 35.5. The molecule has 0 saturated heterocycles. The molecule has 6 nitrogen and oxygen atoms in total. The quantitative estimate of drug-likeness (QED) is 0.188. The van der Waals surface area contributed by atoms with E-state index < -0.39 is 17.7 Å². The minimum absolute atomic E-state index is 0.121. The number of ether oxygens (including phenoxy) is 2. The second-order valence-corrected chi connectivity index (χ2v) is 17.3. The average molecular weight is 639 g/mol. The molecular weight excluding hydrogens is 576 g/mol. The topological polar surface area (TPSA) is 93.1 Å². The van der Waals surface area contributed by atoms with Gasteiger partial charge in [0.25, 0.3) is 5.79 Å². The van der Waals surface area contributed by atoms with E-state index >= 15 is 0 Å². The van der Waals surface area contributed by atoms with Crippen molar-refractivity contribution in [1.82, 2.24) is 0 Å². The van der Waals surface area contributed by atoms with Gasteiger partial charge in [-0.15, -0.1) is 0 Å². The molecule has 0 aliphatic heterocycles. The molecule has 0 spiro atoms. The molecule has 0 fully saturated rings. The normalized spacial score (nSPS) is 13.1. The van der Waals surface area contributed by atoms with Crippen LogP contribution in [0.25, 0.3) is 0 Å². The van der Waals surface area contributed by atoms with Crippen molar-refractivity contribution >= 4 is 11.9 Å². The summed E-state index contributed by atoms with van der Waals surface area (Å²) < 4.78 is 11.8. The highest BCUT2D eigenvalue weighted by Crippen LogP contribution is 2.41. The van der Waals surface area contributed by atoms with Gasteiger partial charge in [-0.05, 0) is 74.3 Å². The third-order valence-corrected chi connectivity index (χ3v) is 8.45. The Balaban J connectivity index is 2.21. The Labute approximate surface area is 279 Å². The van der Waals surface area contributed by atoms with Crippen LogP contribution in [0, 0.1) is 0 Å². The second kappa shape index (κ2) is 14.4. The van der Waals surface area contributed by atoms with Crippen LogP contribution in [0.3, 0.4) is 0 Å². The lowest BCUT2D eigenvalue weighted by Crippen LogP contribution is -2.37. The summed E-state index contributed by atoms with van der Waals surface area (Å²) in [6, 6.07) is 7.92. The predicted octanol–water partition coefficient (Wildman–Crippen LogP) is 9.85. The highest BCUT2D eigenvalue weighted by molar-refractivity contribution is 5.72. The van der Waals surface area contributed by atoms with Crippen molar-refractivity contribution in [3.63, 3.8) is 0 Å². The summed E-state index contributed by atoms with van der Waals surface area (Å²) in [5.74, 6) is -1.62. The number of phenolic OH excluding ortho intramolecular Hbond substituents is 2. The van der Waals surface area contributed by atoms with Gasteiger partial charge in [-0.25, -0.2) is 0 Å². The summed E-state index contributed by atoms with van der Waals surface area (Å²) in [5.41, 5.74) is 4.24. The monoisotopic (exact) mass is 638 g/mol. The van der Waals surface area contributed by atoms with Crippen molar-refractivity contribution < 1.29 is 29.3 Å². The van der Waals surface area contributed by atoms with Crippen LogP contribution in [-0.4, -0.2) is 27.9 Å². The maximum Gasteiger partial charge on any atom is 0.309 e. The van der Waals surface area contributed by atoms with Crippen LogP contribution in [0.4, 0.5) is 0 Å². The number of aromatic hydroxyl groups is 2. The molecule has 258 valence electrons. The Bertz CT molecular complexity index is 1200. The number of rotatable bonds is 11. The number of unbranched alkanes of at least 4 members (excludes halogenated alkanes) is 1. The van der Waals surface area contributed by atoms with E-state index in [0.717, 1.165) is 46.2 Å². The minimum atomic E-state index is -1.37. The van der Waals surface area contributed by atoms with Crippen molar-refractivity contribution in [1.29, 1.82) is 0 Å². The van der Waals surface area contributed by atoms with E-state index in [1.165, 1.54) is 0 Å². The van der Waals surface area contributed by atoms with Crippen LogP contribution >= 0.6 is 0 Å². The first-order valence-corrected chi connectivity index (χ1v) is 17.0. The molecule has 0 heterocycles. The molecule has 0 amide bonds. The summed E-state index contributed by atoms with van der Waals surface area (Å²) in [5, 5.41) is 22.1. The van der Waals surface area contributed by atoms with E-state index in [0.29, 0.717) is 30.8 Å². The van der Waals surface area contributed by atoms with Gasteiger partial charge in [-0.1, -0.05) is 121 Å². The molecule has 0 aromatic heterocycles. The van der Waals surface area contributed by atoms with Crippen LogP contribution < -0.4 is 0 Å². The van der Waals surface area contributed by atoms with Gasteiger partial charge in [0, 0.05) is 26.2 Å². The lowest BCUT2D eigenvalue weighted by atomic mass is 9.78. The maximum absolute atomic E-state index is 13.2. The van der Waals surface area contributed by atoms with E-state index in [1.807, 2.05) is 31.2 Å². The van der Waals surface area contributed by atoms with Crippen molar-refractivity contribution in [2.75, 3.05) is 0 Å². The molecule has 0 bridgehead atoms. The molecule has 46 heavy (non-hydrogen) atoms. The molecule has 2 rings (SSSR count). The molecule has 0 aliphatic rings. The zero-order valence-corrected chi connectivity index (χ0v) is 31.3. The molecule has 2 aromatic rings. The molecular formula is C40H62O6. The maximum atomic E-state index is 13.2. The van der Waals surface area contributed by atoms with Crippen LogP contribution in [0.5, 0.6) is 11.5 Å². The summed E-state index contributed by atoms with van der Waals surface area (Å²) in [4.78, 5) is 26.4. The number of hydrogen-bond acceptors (Lipinski definition) is 6. The van der Waals surface area contributed by atoms with Crippen molar-refractivity contribution in [3.05, 3.63) is 57.6 Å². The molecule has 2 aromatic carbocycles. The number of hydrogen-bond donors (Lipinski definition) is 2. The van der Waals surface area contributed by atoms with Gasteiger partial charge in [-0.2, -0.15) is 0 Å². The largest absolute Gasteiger partial charge is 0.507 e. The Kier molecular flexibility index (Phi) is 12.3. The lowest BCUT2D eigenvalue weighted by molar-refractivity contribution is -0.225. The SMILES string of the molecule is CCCCC(C)(OC(=O)CCc1cc(C(C)(C)C)c(O)c(C(C)(C)C)c1)OC(=O)CCc1cc(C(C)(C)C)c(O)c(C(C)(C)C)c1. The van der Waals surface area contributed by atoms with Crippen LogP contribution in [0.2, 0.25) is 0 Å². The molecule has 6 heteroatoms. The van der Waals surface area contributed by atoms with E-state index in [1.54, 1.807) is 6.92 Å². The zero-order valence-electron chi connectivity index (χ0n) is 31.3. The van der Waals surface area contributed by atoms with Crippen molar-refractivity contribution in [2.24, 2.45) is 0 Å². The average Bonchev–Trinajstić information content (AvgIpc) is 2.88. The van der Waals surface area contributed by atoms with Crippen LogP contribution in [-0.2, 0) is 53.6 Å². The van der Waals surface area contributed by atoms with Crippen LogP contribution in [0.15, 0.2) is 24.3 Å². The first-order valence-electron chi connectivity index (χ1n) is 17.0. The van der Waals surface area contributed by atoms with Gasteiger partial charge < -0.3 is 19.7 Å². The number of carbonyl (C=O) groups excluding carboxylic acids is 2. The smallest absolute Gasteiger partial charge is 0.309 e. The Morgan fingerprint density at radius 1 is 0.565 bits per heavy atom. The number of aryl methyl sites for hydroxylation is 2. The van der Waals surface area contributed by atoms with Gasteiger partial charge >= 0.3 is 11.9 Å². The first-order chi connectivity index (χ1) is 20.8. The highest BCUT2D eigenvalue weighted by atomic mass is 16.7. The fourth-order valence-electron chi connectivity index (χ4n) is 5.66. The van der Waals surface area contributed by atoms with Crippen molar-refractivity contribution in [3.8, 4) is 11.5 Å². The number of phenols is 2. The summed E-state index contributed by atoms with van der Waals surface area (Å²) in [6.45, 7) is 28.5. The van der Waals surface area contributed by atoms with E-state index in [4.69, 9.17) is 9.47 Å². The molecule has 0 radical (unpaired) electrons. The van der Waals surface area contributed by atoms with E-state index in [-0.39, 0.29) is 34.5 Å². The number of benzene rings is 2. The summed E-state index contributed by atoms with van der Waals surface area (Å²) in [7, 11) is 0. The van der Waals surface area contributed by atoms with Crippen molar-refractivity contribution in [2.45, 2.75) is 169 Å². The van der Waals surface area contributed by atoms with Gasteiger partial charge in [0.1, 0.15) is 11.5 Å². The summed E-state index contributed by atoms with van der Waals surface area (Å²) in [6.07, 6.45) is 3.13. The Morgan fingerprint density at radius 3 is 1.09 bits per heavy atom. The number of esters is 2. The van der Waals surface area contributed by atoms with E-state index in [2.05, 4.69) is 83.1 Å². The Morgan fingerprint density at radius 2 is 0.848 bits per heavy atom. The predicted molar refractivity (Wildman–Crippen MR) is 188 cm³/mol. The fraction of sp³-hybridized carbons (Fsp3) is 0.650. The van der Waals surface area contributed by atoms with Gasteiger partial charge in [0.2, 0.25) is 0 Å². The second-order valence-electron chi connectivity index (χ2n) is 17.3. The number of carbonyl (C=O) groups is 2. The summed E-state index contributed by atoms with van der Waals surface area (Å²) >= 11 is 0. The lowest BCUT2D eigenvalue weighted by Gasteiger charge is -2.30. The first kappa shape index (κ1) is 39.2.